The van der Waals surface area contributed by atoms with Gasteiger partial charge < -0.3 is 23.8 Å². The lowest BCUT2D eigenvalue weighted by molar-refractivity contribution is -0.131. The lowest BCUT2D eigenvalue weighted by atomic mass is 9.71. The first-order valence-electron chi connectivity index (χ1n) is 23.2. The molecule has 7 heteroatoms. The Labute approximate surface area is 410 Å². The molecule has 1 unspecified atom stereocenters. The Balaban J connectivity index is 0.965. The molecule has 0 aliphatic rings. The molecule has 7 nitrogen and oxygen atoms in total. The molecule has 0 amide bonds. The molecular formula is C63H53NO6. The highest BCUT2D eigenvalue weighted by atomic mass is 16.7. The molecule has 0 radical (unpaired) electrons. The highest BCUT2D eigenvalue weighted by Gasteiger charge is 2.32. The standard InChI is InChI=1S/C63H53NO6/c1-44(65)68-58-38-22-49(23-39-58)62(2,3)50-24-40-59(41-25-50)69-61(66)70-60-42-28-53(29-43-60)63(4,52-26-36-57(67-5)37-27-52)51-20-34-56(35-21-51)64(54-30-16-47(17-31-54)45-12-8-6-9-13-45)55-32-18-48(19-33-55)46-14-10-7-11-15-46/h6-43H,1-5H3. The van der Waals surface area contributed by atoms with Crippen LogP contribution >= 0.6 is 0 Å². The molecule has 0 aromatic heterocycles. The summed E-state index contributed by atoms with van der Waals surface area (Å²) in [6, 6.07) is 77.5. The van der Waals surface area contributed by atoms with Gasteiger partial charge in [-0.1, -0.05) is 159 Å². The average Bonchev–Trinajstić information content (AvgIpc) is 3.40. The highest BCUT2D eigenvalue weighted by molar-refractivity contribution is 5.80. The predicted molar refractivity (Wildman–Crippen MR) is 280 cm³/mol. The number of nitrogens with zero attached hydrogens (tertiary/aromatic N) is 1. The maximum Gasteiger partial charge on any atom is 0.519 e. The zero-order valence-corrected chi connectivity index (χ0v) is 39.8. The van der Waals surface area contributed by atoms with Crippen LogP contribution in [-0.4, -0.2) is 19.2 Å². The first kappa shape index (κ1) is 46.4. The van der Waals surface area contributed by atoms with Crippen molar-refractivity contribution in [3.8, 4) is 45.3 Å². The molecule has 0 aliphatic heterocycles. The molecule has 0 bridgehead atoms. The van der Waals surface area contributed by atoms with E-state index >= 15 is 0 Å². The Morgan fingerprint density at radius 2 is 0.657 bits per heavy atom. The summed E-state index contributed by atoms with van der Waals surface area (Å²) in [7, 11) is 1.67. The van der Waals surface area contributed by atoms with Crippen LogP contribution in [0.2, 0.25) is 0 Å². The Hall–Kier alpha value is -8.68. The van der Waals surface area contributed by atoms with E-state index in [1.165, 1.54) is 18.1 Å². The summed E-state index contributed by atoms with van der Waals surface area (Å²) < 4.78 is 22.1. The molecule has 0 saturated carbocycles. The highest BCUT2D eigenvalue weighted by Crippen LogP contribution is 2.43. The number of anilines is 3. The van der Waals surface area contributed by atoms with E-state index in [0.717, 1.165) is 61.8 Å². The van der Waals surface area contributed by atoms with Crippen molar-refractivity contribution >= 4 is 29.2 Å². The van der Waals surface area contributed by atoms with E-state index in [4.69, 9.17) is 18.9 Å². The zero-order chi connectivity index (χ0) is 48.7. The molecule has 0 N–H and O–H groups in total. The minimum absolute atomic E-state index is 0.350. The summed E-state index contributed by atoms with van der Waals surface area (Å²) in [6.45, 7) is 7.79. The van der Waals surface area contributed by atoms with Crippen LogP contribution in [0.25, 0.3) is 22.3 Å². The van der Waals surface area contributed by atoms with E-state index in [2.05, 4.69) is 159 Å². The first-order chi connectivity index (χ1) is 34.0. The van der Waals surface area contributed by atoms with Crippen LogP contribution in [0.3, 0.4) is 0 Å². The van der Waals surface area contributed by atoms with Crippen LogP contribution in [0.4, 0.5) is 21.9 Å². The second kappa shape index (κ2) is 20.3. The lowest BCUT2D eigenvalue weighted by Crippen LogP contribution is -2.25. The fourth-order valence-electron chi connectivity index (χ4n) is 8.96. The van der Waals surface area contributed by atoms with Crippen molar-refractivity contribution in [2.24, 2.45) is 0 Å². The molecule has 70 heavy (non-hydrogen) atoms. The molecule has 0 spiro atoms. The van der Waals surface area contributed by atoms with Crippen molar-refractivity contribution < 1.29 is 28.5 Å². The topological polar surface area (TPSA) is 74.3 Å². The van der Waals surface area contributed by atoms with Crippen molar-refractivity contribution in [3.63, 3.8) is 0 Å². The van der Waals surface area contributed by atoms with Gasteiger partial charge in [0.15, 0.2) is 0 Å². The van der Waals surface area contributed by atoms with Crippen LogP contribution in [-0.2, 0) is 15.6 Å². The summed E-state index contributed by atoms with van der Waals surface area (Å²) in [5.41, 5.74) is 11.9. The molecule has 9 rings (SSSR count). The quantitative estimate of drug-likeness (QED) is 0.0465. The van der Waals surface area contributed by atoms with Crippen LogP contribution in [0.15, 0.2) is 231 Å². The van der Waals surface area contributed by atoms with Crippen molar-refractivity contribution in [1.29, 1.82) is 0 Å². The Morgan fingerprint density at radius 1 is 0.357 bits per heavy atom. The first-order valence-corrected chi connectivity index (χ1v) is 23.2. The van der Waals surface area contributed by atoms with Gasteiger partial charge in [0.25, 0.3) is 0 Å². The van der Waals surface area contributed by atoms with Gasteiger partial charge in [0.2, 0.25) is 0 Å². The molecule has 0 heterocycles. The normalized spacial score (nSPS) is 12.0. The summed E-state index contributed by atoms with van der Waals surface area (Å²) in [4.78, 5) is 26.8. The Morgan fingerprint density at radius 3 is 1.01 bits per heavy atom. The fourth-order valence-corrected chi connectivity index (χ4v) is 8.96. The van der Waals surface area contributed by atoms with Crippen molar-refractivity contribution in [2.75, 3.05) is 12.0 Å². The van der Waals surface area contributed by atoms with E-state index in [1.807, 2.05) is 60.7 Å². The smallest absolute Gasteiger partial charge is 0.497 e. The molecule has 9 aromatic carbocycles. The van der Waals surface area contributed by atoms with Crippen molar-refractivity contribution in [2.45, 2.75) is 38.5 Å². The number of benzene rings is 9. The number of hydrogen-bond donors (Lipinski definition) is 0. The monoisotopic (exact) mass is 919 g/mol. The van der Waals surface area contributed by atoms with Gasteiger partial charge in [0.05, 0.1) is 7.11 Å². The van der Waals surface area contributed by atoms with Gasteiger partial charge in [-0.25, -0.2) is 4.79 Å². The molecule has 1 atom stereocenters. The second-order valence-electron chi connectivity index (χ2n) is 17.8. The van der Waals surface area contributed by atoms with E-state index in [9.17, 15) is 9.59 Å². The maximum absolute atomic E-state index is 13.1. The number of esters is 1. The minimum Gasteiger partial charge on any atom is -0.497 e. The maximum atomic E-state index is 13.1. The summed E-state index contributed by atoms with van der Waals surface area (Å²) in [6.07, 6.45) is -0.844. The number of carbonyl (C=O) groups excluding carboxylic acids is 2. The summed E-state index contributed by atoms with van der Waals surface area (Å²) in [5, 5.41) is 0. The molecule has 0 fully saturated rings. The van der Waals surface area contributed by atoms with Crippen molar-refractivity contribution in [1.82, 2.24) is 0 Å². The summed E-state index contributed by atoms with van der Waals surface area (Å²) >= 11 is 0. The van der Waals surface area contributed by atoms with E-state index in [1.54, 1.807) is 43.5 Å². The molecular weight excluding hydrogens is 867 g/mol. The predicted octanol–water partition coefficient (Wildman–Crippen LogP) is 15.7. The molecule has 9 aromatic rings. The van der Waals surface area contributed by atoms with Crippen LogP contribution in [0.1, 0.15) is 55.5 Å². The summed E-state index contributed by atoms with van der Waals surface area (Å²) in [5.74, 6) is 1.60. The Bertz CT molecular complexity index is 3090. The van der Waals surface area contributed by atoms with E-state index < -0.39 is 11.6 Å². The van der Waals surface area contributed by atoms with Gasteiger partial charge in [0.1, 0.15) is 23.0 Å². The second-order valence-corrected chi connectivity index (χ2v) is 17.8. The average molecular weight is 920 g/mol. The SMILES string of the molecule is COc1ccc(C(C)(c2ccc(OC(=O)Oc3ccc(C(C)(C)c4ccc(OC(C)=O)cc4)cc3)cc2)c2ccc(N(c3ccc(-c4ccccc4)cc3)c3ccc(-c4ccccc4)cc3)cc2)cc1. The number of methoxy groups -OCH3 is 1. The number of hydrogen-bond acceptors (Lipinski definition) is 7. The van der Waals surface area contributed by atoms with Crippen LogP contribution in [0, 0.1) is 0 Å². The lowest BCUT2D eigenvalue weighted by Gasteiger charge is -2.33. The Kier molecular flexibility index (Phi) is 13.4. The zero-order valence-electron chi connectivity index (χ0n) is 39.8. The van der Waals surface area contributed by atoms with Gasteiger partial charge in [-0.2, -0.15) is 0 Å². The van der Waals surface area contributed by atoms with E-state index in [0.29, 0.717) is 17.2 Å². The number of ether oxygens (including phenoxy) is 4. The third-order valence-electron chi connectivity index (χ3n) is 13.1. The molecule has 346 valence electrons. The van der Waals surface area contributed by atoms with Gasteiger partial charge >= 0.3 is 12.1 Å². The van der Waals surface area contributed by atoms with E-state index in [-0.39, 0.29) is 11.4 Å². The van der Waals surface area contributed by atoms with Crippen LogP contribution < -0.4 is 23.8 Å². The number of carbonyl (C=O) groups is 2. The molecule has 0 saturated heterocycles. The van der Waals surface area contributed by atoms with Gasteiger partial charge in [-0.3, -0.25) is 4.79 Å². The third kappa shape index (κ3) is 10.1. The fraction of sp³-hybridized carbons (Fsp3) is 0.111. The van der Waals surface area contributed by atoms with Crippen LogP contribution in [0.5, 0.6) is 23.0 Å². The minimum atomic E-state index is -0.844. The van der Waals surface area contributed by atoms with Gasteiger partial charge in [0, 0.05) is 34.8 Å². The largest absolute Gasteiger partial charge is 0.519 e. The van der Waals surface area contributed by atoms with Gasteiger partial charge in [-0.05, 0) is 142 Å². The number of rotatable bonds is 14. The third-order valence-corrected chi connectivity index (χ3v) is 13.1. The molecule has 0 aliphatic carbocycles. The van der Waals surface area contributed by atoms with Gasteiger partial charge in [-0.15, -0.1) is 0 Å². The van der Waals surface area contributed by atoms with Crippen molar-refractivity contribution in [3.05, 3.63) is 258 Å².